The summed E-state index contributed by atoms with van der Waals surface area (Å²) in [5.74, 6) is 0. The summed E-state index contributed by atoms with van der Waals surface area (Å²) in [7, 11) is 0. The number of hydrogen-bond donors (Lipinski definition) is 1. The van der Waals surface area contributed by atoms with E-state index in [4.69, 9.17) is 0 Å². The Bertz CT molecular complexity index is 228. The first-order chi connectivity index (χ1) is 5.39. The van der Waals surface area contributed by atoms with Crippen molar-refractivity contribution >= 4 is 12.6 Å². The van der Waals surface area contributed by atoms with Gasteiger partial charge in [-0.25, -0.2) is 24.8 Å². The Morgan fingerprint density at radius 3 is 1.33 bits per heavy atom. The van der Waals surface area contributed by atoms with Gasteiger partial charge in [0.15, 0.2) is 0 Å². The predicted octanol–water partition coefficient (Wildman–Crippen LogP) is 3.10. The van der Waals surface area contributed by atoms with Gasteiger partial charge in [0, 0.05) is 17.1 Å². The van der Waals surface area contributed by atoms with Gasteiger partial charge in [-0.1, -0.05) is 0 Å². The largest absolute Gasteiger partial charge is 0.748 e. The Morgan fingerprint density at radius 1 is 0.833 bits per heavy atom. The zero-order valence-electron chi connectivity index (χ0n) is 6.50. The van der Waals surface area contributed by atoms with Crippen LogP contribution in [0, 0.1) is 0 Å². The third kappa shape index (κ3) is 5.25. The van der Waals surface area contributed by atoms with Crippen LogP contribution in [0.4, 0.5) is 0 Å². The number of rotatable bonds is 0. The molecule has 12 heavy (non-hydrogen) atoms. The molecule has 0 aliphatic heterocycles. The fraction of sp³-hybridized carbons (Fsp3) is 0. The first-order valence-electron chi connectivity index (χ1n) is 3.47. The van der Waals surface area contributed by atoms with Gasteiger partial charge >= 0.3 is 0 Å². The summed E-state index contributed by atoms with van der Waals surface area (Å²) in [5.41, 5.74) is 0. The van der Waals surface area contributed by atoms with Crippen LogP contribution < -0.4 is 0 Å². The van der Waals surface area contributed by atoms with E-state index in [2.05, 4.69) is 12.6 Å². The summed E-state index contributed by atoms with van der Waals surface area (Å²) in [6.45, 7) is 0. The molecule has 0 heterocycles. The molecule has 0 bridgehead atoms. The molecule has 0 aromatic heterocycles. The van der Waals surface area contributed by atoms with E-state index in [1.54, 1.807) is 0 Å². The molecule has 0 aliphatic carbocycles. The van der Waals surface area contributed by atoms with Gasteiger partial charge in [-0.15, -0.1) is 4.90 Å². The summed E-state index contributed by atoms with van der Waals surface area (Å²) < 4.78 is 0. The Morgan fingerprint density at radius 2 is 1.17 bits per heavy atom. The molecule has 0 N–H and O–H groups in total. The second-order valence-electron chi connectivity index (χ2n) is 2.11. The van der Waals surface area contributed by atoms with E-state index in [1.165, 1.54) is 0 Å². The Balaban J connectivity index is 0.000000189. The van der Waals surface area contributed by atoms with E-state index < -0.39 is 0 Å². The van der Waals surface area contributed by atoms with Gasteiger partial charge in [0.05, 0.1) is 0 Å². The third-order valence-electron chi connectivity index (χ3n) is 1.20. The molecule has 0 saturated heterocycles. The van der Waals surface area contributed by atoms with Crippen molar-refractivity contribution in [3.63, 3.8) is 0 Å². The van der Waals surface area contributed by atoms with Crippen molar-refractivity contribution in [2.24, 2.45) is 0 Å². The van der Waals surface area contributed by atoms with Crippen molar-refractivity contribution < 1.29 is 17.1 Å². The van der Waals surface area contributed by atoms with Crippen LogP contribution in [0.2, 0.25) is 0 Å². The van der Waals surface area contributed by atoms with Gasteiger partial charge < -0.3 is 30.3 Å². The molecule has 0 radical (unpaired) electrons. The summed E-state index contributed by atoms with van der Waals surface area (Å²) in [4.78, 5) is 1.04. The van der Waals surface area contributed by atoms with E-state index in [0.717, 1.165) is 4.90 Å². The average molecular weight is 218 g/mol. The zero-order valence-corrected chi connectivity index (χ0v) is 8.50. The quantitative estimate of drug-likeness (QED) is 0.392. The molecule has 0 spiro atoms. The first-order valence-corrected chi connectivity index (χ1v) is 3.91. The van der Waals surface area contributed by atoms with Crippen molar-refractivity contribution in [3.8, 4) is 0 Å². The molecule has 2 aromatic rings. The van der Waals surface area contributed by atoms with Crippen LogP contribution >= 0.6 is 12.6 Å². The molecular formula is C10H10FeS-6. The van der Waals surface area contributed by atoms with Crippen LogP contribution in [0.1, 0.15) is 0 Å². The van der Waals surface area contributed by atoms with Crippen LogP contribution in [0.15, 0.2) is 59.5 Å². The fourth-order valence-electron chi connectivity index (χ4n) is 0.685. The molecule has 0 amide bonds. The Kier molecular flexibility index (Phi) is 6.97. The van der Waals surface area contributed by atoms with Gasteiger partial charge in [-0.3, -0.25) is 0 Å². The smallest absolute Gasteiger partial charge is 0 e. The van der Waals surface area contributed by atoms with Crippen LogP contribution in [0.25, 0.3) is 0 Å². The molecule has 2 heteroatoms. The topological polar surface area (TPSA) is 0 Å². The fourth-order valence-corrected chi connectivity index (χ4v) is 0.857. The van der Waals surface area contributed by atoms with E-state index >= 15 is 0 Å². The molecule has 0 fully saturated rings. The minimum absolute atomic E-state index is 0. The standard InChI is InChI=1S/C5H5S.C5H5.Fe/c6-5-3-1-2-4-5;1-2-4-5-3-1;/h1-4,6H;1-5H;/q-1;-5;. The van der Waals surface area contributed by atoms with Gasteiger partial charge in [0.1, 0.15) is 0 Å². The molecule has 2 rings (SSSR count). The molecular weight excluding hydrogens is 208 g/mol. The monoisotopic (exact) mass is 218 g/mol. The van der Waals surface area contributed by atoms with Gasteiger partial charge in [-0.2, -0.15) is 12.1 Å². The summed E-state index contributed by atoms with van der Waals surface area (Å²) in [6, 6.07) is 17.8. The Labute approximate surface area is 89.2 Å². The van der Waals surface area contributed by atoms with Gasteiger partial charge in [0.25, 0.3) is 0 Å². The number of hydrogen-bond acceptors (Lipinski definition) is 1. The minimum atomic E-state index is 0. The van der Waals surface area contributed by atoms with E-state index in [9.17, 15) is 0 Å². The Hall–Kier alpha value is -0.431. The average Bonchev–Trinajstić information content (AvgIpc) is 2.57. The van der Waals surface area contributed by atoms with Crippen molar-refractivity contribution in [1.29, 1.82) is 0 Å². The summed E-state index contributed by atoms with van der Waals surface area (Å²) in [5, 5.41) is 0. The van der Waals surface area contributed by atoms with Crippen molar-refractivity contribution in [1.82, 2.24) is 0 Å². The summed E-state index contributed by atoms with van der Waals surface area (Å²) in [6.07, 6.45) is 0. The minimum Gasteiger partial charge on any atom is -0.748 e. The molecule has 0 saturated carbocycles. The molecule has 0 atom stereocenters. The maximum absolute atomic E-state index is 4.04. The maximum Gasteiger partial charge on any atom is 0 e. The van der Waals surface area contributed by atoms with Gasteiger partial charge in [-0.05, 0) is 0 Å². The molecule has 0 aliphatic rings. The molecule has 0 unspecified atom stereocenters. The van der Waals surface area contributed by atoms with E-state index in [0.29, 0.717) is 0 Å². The van der Waals surface area contributed by atoms with Crippen LogP contribution in [-0.2, 0) is 17.1 Å². The van der Waals surface area contributed by atoms with Crippen molar-refractivity contribution in [2.75, 3.05) is 0 Å². The summed E-state index contributed by atoms with van der Waals surface area (Å²) >= 11 is 4.04. The second kappa shape index (κ2) is 7.23. The van der Waals surface area contributed by atoms with E-state index in [1.807, 2.05) is 54.6 Å². The molecule has 70 valence electrons. The van der Waals surface area contributed by atoms with Crippen LogP contribution in [0.5, 0.6) is 0 Å². The molecule has 0 nitrogen and oxygen atoms in total. The van der Waals surface area contributed by atoms with Crippen LogP contribution in [-0.4, -0.2) is 0 Å². The number of thiol groups is 1. The third-order valence-corrected chi connectivity index (χ3v) is 1.50. The normalized spacial score (nSPS) is 7.75. The molecule has 2 aromatic carbocycles. The van der Waals surface area contributed by atoms with Crippen molar-refractivity contribution in [3.05, 3.63) is 54.6 Å². The first kappa shape index (κ1) is 11.6. The zero-order chi connectivity index (χ0) is 7.94. The maximum atomic E-state index is 4.04. The van der Waals surface area contributed by atoms with Crippen LogP contribution in [0.3, 0.4) is 0 Å². The SMILES string of the molecule is S[c-]1cccc1.[Fe].[cH-]1[cH-][cH-][cH-][cH-]1. The van der Waals surface area contributed by atoms with E-state index in [-0.39, 0.29) is 17.1 Å². The second-order valence-corrected chi connectivity index (χ2v) is 2.62. The van der Waals surface area contributed by atoms with Gasteiger partial charge in [0.2, 0.25) is 0 Å². The van der Waals surface area contributed by atoms with Crippen molar-refractivity contribution in [2.45, 2.75) is 4.90 Å². The predicted molar refractivity (Wildman–Crippen MR) is 51.3 cm³/mol.